The number of hydrogen-bond donors (Lipinski definition) is 3. The molecule has 0 fully saturated rings. The number of ether oxygens (including phenoxy) is 1. The van der Waals surface area contributed by atoms with Crippen molar-refractivity contribution in [1.29, 1.82) is 0 Å². The predicted octanol–water partition coefficient (Wildman–Crippen LogP) is 0.443. The van der Waals surface area contributed by atoms with Crippen LogP contribution in [0.4, 0.5) is 0 Å². The lowest BCUT2D eigenvalue weighted by Gasteiger charge is -2.15. The molecule has 0 amide bonds. The van der Waals surface area contributed by atoms with Gasteiger partial charge in [-0.2, -0.15) is 0 Å². The van der Waals surface area contributed by atoms with Gasteiger partial charge in [0.2, 0.25) is 10.0 Å². The molecule has 20 heavy (non-hydrogen) atoms. The van der Waals surface area contributed by atoms with Gasteiger partial charge < -0.3 is 14.9 Å². The van der Waals surface area contributed by atoms with Gasteiger partial charge in [0, 0.05) is 12.6 Å². The summed E-state index contributed by atoms with van der Waals surface area (Å²) >= 11 is 0. The minimum absolute atomic E-state index is 0.0476. The van der Waals surface area contributed by atoms with E-state index < -0.39 is 22.0 Å². The van der Waals surface area contributed by atoms with E-state index in [-0.39, 0.29) is 29.2 Å². The van der Waals surface area contributed by atoms with E-state index in [1.54, 1.807) is 6.92 Å². The van der Waals surface area contributed by atoms with E-state index >= 15 is 0 Å². The number of hydrogen-bond acceptors (Lipinski definition) is 5. The SMILES string of the molecule is COc1cc(C(=O)O)ccc1S(=O)(=O)NC(C)CCO. The molecule has 1 aromatic carbocycles. The highest BCUT2D eigenvalue weighted by molar-refractivity contribution is 7.89. The van der Waals surface area contributed by atoms with Crippen molar-refractivity contribution in [2.75, 3.05) is 13.7 Å². The van der Waals surface area contributed by atoms with Gasteiger partial charge in [0.05, 0.1) is 12.7 Å². The molecular formula is C12H17NO6S. The summed E-state index contributed by atoms with van der Waals surface area (Å²) in [6.07, 6.45) is 0.273. The molecule has 8 heteroatoms. The number of methoxy groups -OCH3 is 1. The largest absolute Gasteiger partial charge is 0.495 e. The van der Waals surface area contributed by atoms with Gasteiger partial charge in [-0.25, -0.2) is 17.9 Å². The van der Waals surface area contributed by atoms with E-state index in [9.17, 15) is 13.2 Å². The Bertz CT molecular complexity index is 584. The van der Waals surface area contributed by atoms with Crippen LogP contribution in [-0.4, -0.2) is 44.4 Å². The van der Waals surface area contributed by atoms with Crippen LogP contribution in [0, 0.1) is 0 Å². The molecule has 112 valence electrons. The molecule has 1 unspecified atom stereocenters. The van der Waals surface area contributed by atoms with Gasteiger partial charge in [-0.05, 0) is 31.5 Å². The maximum Gasteiger partial charge on any atom is 0.335 e. The Kier molecular flexibility index (Phi) is 5.49. The smallest absolute Gasteiger partial charge is 0.335 e. The van der Waals surface area contributed by atoms with Crippen molar-refractivity contribution in [3.05, 3.63) is 23.8 Å². The van der Waals surface area contributed by atoms with Crippen LogP contribution in [0.3, 0.4) is 0 Å². The van der Waals surface area contributed by atoms with Crippen LogP contribution >= 0.6 is 0 Å². The predicted molar refractivity (Wildman–Crippen MR) is 71.4 cm³/mol. The second-order valence-corrected chi connectivity index (χ2v) is 5.89. The maximum atomic E-state index is 12.2. The molecule has 7 nitrogen and oxygen atoms in total. The minimum atomic E-state index is -3.85. The molecule has 1 rings (SSSR count). The second-order valence-electron chi connectivity index (χ2n) is 4.21. The third kappa shape index (κ3) is 3.92. The van der Waals surface area contributed by atoms with Gasteiger partial charge in [0.15, 0.2) is 0 Å². The lowest BCUT2D eigenvalue weighted by atomic mass is 10.2. The summed E-state index contributed by atoms with van der Waals surface area (Å²) in [5.41, 5.74) is -0.0655. The number of carbonyl (C=O) groups is 1. The Morgan fingerprint density at radius 3 is 2.60 bits per heavy atom. The fourth-order valence-electron chi connectivity index (χ4n) is 1.60. The molecule has 3 N–H and O–H groups in total. The molecule has 0 bridgehead atoms. The molecule has 1 atom stereocenters. The Balaban J connectivity index is 3.15. The summed E-state index contributed by atoms with van der Waals surface area (Å²) in [5, 5.41) is 17.6. The fraction of sp³-hybridized carbons (Fsp3) is 0.417. The summed E-state index contributed by atoms with van der Waals surface area (Å²) in [4.78, 5) is 10.7. The standard InChI is InChI=1S/C12H17NO6S/c1-8(5-6-14)13-20(17,18)11-4-3-9(12(15)16)7-10(11)19-2/h3-4,7-8,13-14H,5-6H2,1-2H3,(H,15,16). The summed E-state index contributed by atoms with van der Waals surface area (Å²) in [7, 11) is -2.58. The van der Waals surface area contributed by atoms with E-state index in [1.807, 2.05) is 0 Å². The van der Waals surface area contributed by atoms with Crippen LogP contribution < -0.4 is 9.46 Å². The van der Waals surface area contributed by atoms with E-state index in [4.69, 9.17) is 14.9 Å². The molecule has 0 spiro atoms. The number of sulfonamides is 1. The van der Waals surface area contributed by atoms with Crippen molar-refractivity contribution < 1.29 is 28.2 Å². The van der Waals surface area contributed by atoms with Crippen molar-refractivity contribution in [3.8, 4) is 5.75 Å². The van der Waals surface area contributed by atoms with Crippen molar-refractivity contribution >= 4 is 16.0 Å². The number of aromatic carboxylic acids is 1. The molecule has 0 heterocycles. The highest BCUT2D eigenvalue weighted by atomic mass is 32.2. The Morgan fingerprint density at radius 2 is 2.10 bits per heavy atom. The third-order valence-corrected chi connectivity index (χ3v) is 4.25. The van der Waals surface area contributed by atoms with Crippen LogP contribution in [0.1, 0.15) is 23.7 Å². The van der Waals surface area contributed by atoms with Gasteiger partial charge >= 0.3 is 5.97 Å². The molecular weight excluding hydrogens is 286 g/mol. The molecule has 0 saturated carbocycles. The quantitative estimate of drug-likeness (QED) is 0.674. The molecule has 0 radical (unpaired) electrons. The first-order chi connectivity index (χ1) is 9.31. The summed E-state index contributed by atoms with van der Waals surface area (Å²) in [5.74, 6) is -1.22. The van der Waals surface area contributed by atoms with E-state index in [0.29, 0.717) is 0 Å². The lowest BCUT2D eigenvalue weighted by molar-refractivity contribution is 0.0696. The van der Waals surface area contributed by atoms with Crippen molar-refractivity contribution in [2.45, 2.75) is 24.3 Å². The molecule has 0 aliphatic heterocycles. The zero-order chi connectivity index (χ0) is 15.3. The monoisotopic (exact) mass is 303 g/mol. The van der Waals surface area contributed by atoms with Crippen LogP contribution in [-0.2, 0) is 10.0 Å². The third-order valence-electron chi connectivity index (χ3n) is 2.62. The normalized spacial score (nSPS) is 12.9. The van der Waals surface area contributed by atoms with Gasteiger partial charge in [-0.3, -0.25) is 0 Å². The molecule has 0 saturated heterocycles. The highest BCUT2D eigenvalue weighted by Crippen LogP contribution is 2.25. The van der Waals surface area contributed by atoms with Crippen LogP contribution in [0.15, 0.2) is 23.1 Å². The first-order valence-electron chi connectivity index (χ1n) is 5.86. The Hall–Kier alpha value is -1.64. The molecule has 0 aliphatic rings. The summed E-state index contributed by atoms with van der Waals surface area (Å²) < 4.78 is 31.6. The number of aliphatic hydroxyl groups excluding tert-OH is 1. The number of rotatable bonds is 7. The summed E-state index contributed by atoms with van der Waals surface area (Å²) in [6.45, 7) is 1.48. The second kappa shape index (κ2) is 6.69. The fourth-order valence-corrected chi connectivity index (χ4v) is 3.03. The van der Waals surface area contributed by atoms with Gasteiger partial charge in [-0.1, -0.05) is 0 Å². The van der Waals surface area contributed by atoms with Gasteiger partial charge in [0.1, 0.15) is 10.6 Å². The van der Waals surface area contributed by atoms with E-state index in [1.165, 1.54) is 19.2 Å². The first kappa shape index (κ1) is 16.4. The van der Waals surface area contributed by atoms with Crippen molar-refractivity contribution in [2.24, 2.45) is 0 Å². The average molecular weight is 303 g/mol. The average Bonchev–Trinajstić information content (AvgIpc) is 2.37. The van der Waals surface area contributed by atoms with Gasteiger partial charge in [0.25, 0.3) is 0 Å². The van der Waals surface area contributed by atoms with E-state index in [2.05, 4.69) is 4.72 Å². The zero-order valence-electron chi connectivity index (χ0n) is 11.2. The number of carboxylic acid groups (broad SMARTS) is 1. The highest BCUT2D eigenvalue weighted by Gasteiger charge is 2.22. The zero-order valence-corrected chi connectivity index (χ0v) is 12.0. The number of benzene rings is 1. The van der Waals surface area contributed by atoms with Gasteiger partial charge in [-0.15, -0.1) is 0 Å². The lowest BCUT2D eigenvalue weighted by Crippen LogP contribution is -2.33. The van der Waals surface area contributed by atoms with E-state index in [0.717, 1.165) is 6.07 Å². The van der Waals surface area contributed by atoms with Crippen molar-refractivity contribution in [3.63, 3.8) is 0 Å². The van der Waals surface area contributed by atoms with Crippen LogP contribution in [0.5, 0.6) is 5.75 Å². The maximum absolute atomic E-state index is 12.2. The molecule has 0 aromatic heterocycles. The Labute approximate surface area is 117 Å². The number of carboxylic acids is 1. The number of aliphatic hydroxyl groups is 1. The molecule has 1 aromatic rings. The van der Waals surface area contributed by atoms with Crippen LogP contribution in [0.25, 0.3) is 0 Å². The van der Waals surface area contributed by atoms with Crippen LogP contribution in [0.2, 0.25) is 0 Å². The van der Waals surface area contributed by atoms with Crippen molar-refractivity contribution in [1.82, 2.24) is 4.72 Å². The molecule has 0 aliphatic carbocycles. The Morgan fingerprint density at radius 1 is 1.45 bits per heavy atom. The minimum Gasteiger partial charge on any atom is -0.495 e. The number of nitrogens with one attached hydrogen (secondary N) is 1. The topological polar surface area (TPSA) is 113 Å². The summed E-state index contributed by atoms with van der Waals surface area (Å²) in [6, 6.07) is 3.06. The first-order valence-corrected chi connectivity index (χ1v) is 7.34.